The van der Waals surface area contributed by atoms with Crippen LogP contribution in [0.2, 0.25) is 0 Å². The van der Waals surface area contributed by atoms with Crippen LogP contribution in [0.3, 0.4) is 0 Å². The number of hydrazine groups is 1. The number of rotatable bonds is 4. The highest BCUT2D eigenvalue weighted by molar-refractivity contribution is 5.47. The standard InChI is InChI=1S/C10H14F2N4O2/c11-6-3-7(12)9(16-13)15-8(6)14-4-10(17)1-2-18-5-10/h3,17H,1-2,4-5,13H2,(H2,14,15,16). The third kappa shape index (κ3) is 2.66. The molecule has 5 N–H and O–H groups in total. The lowest BCUT2D eigenvalue weighted by atomic mass is 10.0. The summed E-state index contributed by atoms with van der Waals surface area (Å²) < 4.78 is 31.6. The topological polar surface area (TPSA) is 92.4 Å². The summed E-state index contributed by atoms with van der Waals surface area (Å²) in [5.74, 6) is 2.86. The van der Waals surface area contributed by atoms with Crippen LogP contribution in [0.5, 0.6) is 0 Å². The summed E-state index contributed by atoms with van der Waals surface area (Å²) in [6, 6.07) is 0.666. The van der Waals surface area contributed by atoms with Crippen molar-refractivity contribution in [3.63, 3.8) is 0 Å². The number of nitrogens with zero attached hydrogens (tertiary/aromatic N) is 1. The first-order valence-electron chi connectivity index (χ1n) is 5.41. The predicted octanol–water partition coefficient (Wildman–Crippen LogP) is 0.209. The average Bonchev–Trinajstić information content (AvgIpc) is 2.76. The molecule has 2 rings (SSSR count). The number of nitrogens with two attached hydrogens (primary N) is 1. The van der Waals surface area contributed by atoms with Gasteiger partial charge < -0.3 is 20.6 Å². The molecule has 0 spiro atoms. The van der Waals surface area contributed by atoms with Crippen LogP contribution in [0.15, 0.2) is 6.07 Å². The minimum atomic E-state index is -1.06. The Labute approximate surface area is 102 Å². The average molecular weight is 260 g/mol. The van der Waals surface area contributed by atoms with Gasteiger partial charge >= 0.3 is 0 Å². The minimum Gasteiger partial charge on any atom is -0.386 e. The highest BCUT2D eigenvalue weighted by Crippen LogP contribution is 2.22. The van der Waals surface area contributed by atoms with Gasteiger partial charge in [-0.15, -0.1) is 0 Å². The first kappa shape index (κ1) is 12.9. The van der Waals surface area contributed by atoms with E-state index in [4.69, 9.17) is 10.6 Å². The van der Waals surface area contributed by atoms with E-state index >= 15 is 0 Å². The highest BCUT2D eigenvalue weighted by atomic mass is 19.1. The van der Waals surface area contributed by atoms with Gasteiger partial charge in [-0.05, 0) is 0 Å². The molecule has 2 heterocycles. The highest BCUT2D eigenvalue weighted by Gasteiger charge is 2.32. The molecule has 1 aliphatic rings. The van der Waals surface area contributed by atoms with Gasteiger partial charge in [0.2, 0.25) is 0 Å². The zero-order valence-corrected chi connectivity index (χ0v) is 9.54. The molecule has 1 fully saturated rings. The second-order valence-corrected chi connectivity index (χ2v) is 4.17. The summed E-state index contributed by atoms with van der Waals surface area (Å²) in [4.78, 5) is 3.63. The van der Waals surface area contributed by atoms with Crippen LogP contribution < -0.4 is 16.6 Å². The summed E-state index contributed by atoms with van der Waals surface area (Å²) in [7, 11) is 0. The first-order valence-corrected chi connectivity index (χ1v) is 5.41. The molecule has 1 aliphatic heterocycles. The number of nitrogens with one attached hydrogen (secondary N) is 2. The molecule has 1 aromatic rings. The molecule has 100 valence electrons. The number of ether oxygens (including phenoxy) is 1. The summed E-state index contributed by atoms with van der Waals surface area (Å²) in [6.07, 6.45) is 0.449. The molecule has 1 aromatic heterocycles. The van der Waals surface area contributed by atoms with E-state index in [1.54, 1.807) is 0 Å². The van der Waals surface area contributed by atoms with Crippen LogP contribution in [0.25, 0.3) is 0 Å². The molecular formula is C10H14F2N4O2. The van der Waals surface area contributed by atoms with Crippen molar-refractivity contribution in [2.75, 3.05) is 30.5 Å². The number of aliphatic hydroxyl groups is 1. The van der Waals surface area contributed by atoms with Crippen LogP contribution in [0.4, 0.5) is 20.4 Å². The van der Waals surface area contributed by atoms with Crippen molar-refractivity contribution in [1.82, 2.24) is 4.98 Å². The van der Waals surface area contributed by atoms with Crippen molar-refractivity contribution >= 4 is 11.6 Å². The molecule has 0 aromatic carbocycles. The SMILES string of the molecule is NNc1nc(NCC2(O)CCOC2)c(F)cc1F. The molecule has 8 heteroatoms. The summed E-state index contributed by atoms with van der Waals surface area (Å²) in [5.41, 5.74) is 0.964. The largest absolute Gasteiger partial charge is 0.386 e. The fraction of sp³-hybridized carbons (Fsp3) is 0.500. The van der Waals surface area contributed by atoms with Crippen LogP contribution >= 0.6 is 0 Å². The fourth-order valence-corrected chi connectivity index (χ4v) is 1.68. The van der Waals surface area contributed by atoms with Gasteiger partial charge in [0.15, 0.2) is 23.3 Å². The zero-order chi connectivity index (χ0) is 13.2. The van der Waals surface area contributed by atoms with E-state index in [9.17, 15) is 13.9 Å². The monoisotopic (exact) mass is 260 g/mol. The maximum Gasteiger partial charge on any atom is 0.178 e. The van der Waals surface area contributed by atoms with Crippen LogP contribution in [0.1, 0.15) is 6.42 Å². The Morgan fingerprint density at radius 3 is 2.78 bits per heavy atom. The lowest BCUT2D eigenvalue weighted by Crippen LogP contribution is -2.37. The van der Waals surface area contributed by atoms with E-state index in [1.807, 2.05) is 5.43 Å². The quantitative estimate of drug-likeness (QED) is 0.457. The Hall–Kier alpha value is -1.51. The molecule has 18 heavy (non-hydrogen) atoms. The molecule has 0 radical (unpaired) electrons. The third-order valence-corrected chi connectivity index (χ3v) is 2.73. The van der Waals surface area contributed by atoms with Gasteiger partial charge in [0.05, 0.1) is 6.61 Å². The first-order chi connectivity index (χ1) is 8.54. The van der Waals surface area contributed by atoms with Crippen LogP contribution in [-0.2, 0) is 4.74 Å². The number of halogens is 2. The van der Waals surface area contributed by atoms with E-state index in [2.05, 4.69) is 10.3 Å². The Kier molecular flexibility index (Phi) is 3.60. The second kappa shape index (κ2) is 5.01. The molecule has 0 saturated carbocycles. The van der Waals surface area contributed by atoms with Gasteiger partial charge in [0, 0.05) is 25.6 Å². The van der Waals surface area contributed by atoms with Gasteiger partial charge in [-0.1, -0.05) is 0 Å². The molecule has 1 atom stereocenters. The van der Waals surface area contributed by atoms with Crippen LogP contribution in [-0.4, -0.2) is 35.5 Å². The van der Waals surface area contributed by atoms with Gasteiger partial charge in [0.1, 0.15) is 5.60 Å². The Morgan fingerprint density at radius 1 is 1.44 bits per heavy atom. The van der Waals surface area contributed by atoms with Crippen molar-refractivity contribution in [3.05, 3.63) is 17.7 Å². The van der Waals surface area contributed by atoms with Crippen molar-refractivity contribution in [2.24, 2.45) is 5.84 Å². The Balaban J connectivity index is 2.09. The molecule has 6 nitrogen and oxygen atoms in total. The van der Waals surface area contributed by atoms with Gasteiger partial charge in [0.25, 0.3) is 0 Å². The van der Waals surface area contributed by atoms with Crippen LogP contribution in [0, 0.1) is 11.6 Å². The van der Waals surface area contributed by atoms with E-state index in [0.29, 0.717) is 19.1 Å². The Bertz CT molecular complexity index is 438. The van der Waals surface area contributed by atoms with Crippen molar-refractivity contribution in [1.29, 1.82) is 0 Å². The summed E-state index contributed by atoms with van der Waals surface area (Å²) in [6.45, 7) is 0.685. The normalized spacial score (nSPS) is 23.1. The molecule has 1 unspecified atom stereocenters. The van der Waals surface area contributed by atoms with E-state index in [0.717, 1.165) is 0 Å². The number of aromatic nitrogens is 1. The minimum absolute atomic E-state index is 0.0621. The lowest BCUT2D eigenvalue weighted by molar-refractivity contribution is 0.0381. The van der Waals surface area contributed by atoms with E-state index in [-0.39, 0.29) is 24.8 Å². The predicted molar refractivity (Wildman–Crippen MR) is 60.8 cm³/mol. The van der Waals surface area contributed by atoms with Gasteiger partial charge in [-0.3, -0.25) is 0 Å². The smallest absolute Gasteiger partial charge is 0.178 e. The molecule has 0 bridgehead atoms. The molecule has 0 amide bonds. The molecule has 1 saturated heterocycles. The van der Waals surface area contributed by atoms with Gasteiger partial charge in [-0.25, -0.2) is 19.6 Å². The Morgan fingerprint density at radius 2 is 2.17 bits per heavy atom. The van der Waals surface area contributed by atoms with Crippen molar-refractivity contribution in [3.8, 4) is 0 Å². The summed E-state index contributed by atoms with van der Waals surface area (Å²) in [5, 5.41) is 12.6. The summed E-state index contributed by atoms with van der Waals surface area (Å²) >= 11 is 0. The lowest BCUT2D eigenvalue weighted by Gasteiger charge is -2.21. The maximum atomic E-state index is 13.4. The van der Waals surface area contributed by atoms with Crippen molar-refractivity contribution in [2.45, 2.75) is 12.0 Å². The van der Waals surface area contributed by atoms with Crippen molar-refractivity contribution < 1.29 is 18.6 Å². The number of hydrogen-bond acceptors (Lipinski definition) is 6. The molecule has 0 aliphatic carbocycles. The number of hydrogen-bond donors (Lipinski definition) is 4. The van der Waals surface area contributed by atoms with Gasteiger partial charge in [-0.2, -0.15) is 0 Å². The second-order valence-electron chi connectivity index (χ2n) is 4.17. The maximum absolute atomic E-state index is 13.4. The number of pyridine rings is 1. The zero-order valence-electron chi connectivity index (χ0n) is 9.54. The number of anilines is 2. The number of nitrogen functional groups attached to an aromatic ring is 1. The molecular weight excluding hydrogens is 246 g/mol. The van der Waals surface area contributed by atoms with E-state index in [1.165, 1.54) is 0 Å². The fourth-order valence-electron chi connectivity index (χ4n) is 1.68. The third-order valence-electron chi connectivity index (χ3n) is 2.73. The van der Waals surface area contributed by atoms with E-state index < -0.39 is 17.2 Å².